The Morgan fingerprint density at radius 2 is 1.72 bits per heavy atom. The lowest BCUT2D eigenvalue weighted by molar-refractivity contribution is -0.192. The number of benzene rings is 1. The van der Waals surface area contributed by atoms with Crippen molar-refractivity contribution in [1.82, 2.24) is 15.1 Å². The number of carbonyl (C=O) groups excluding carboxylic acids is 1. The second-order valence-electron chi connectivity index (χ2n) is 5.88. The van der Waals surface area contributed by atoms with Gasteiger partial charge in [-0.05, 0) is 25.1 Å². The first-order valence-electron chi connectivity index (χ1n) is 8.79. The van der Waals surface area contributed by atoms with Crippen LogP contribution in [0, 0.1) is 12.7 Å². The third kappa shape index (κ3) is 9.60. The average Bonchev–Trinajstić information content (AvgIpc) is 3.08. The van der Waals surface area contributed by atoms with E-state index in [1.807, 2.05) is 0 Å². The number of aromatic nitrogens is 2. The number of rotatable bonds is 9. The van der Waals surface area contributed by atoms with Gasteiger partial charge in [0.1, 0.15) is 11.5 Å². The van der Waals surface area contributed by atoms with E-state index in [9.17, 15) is 27.2 Å². The van der Waals surface area contributed by atoms with Crippen LogP contribution in [0.4, 0.5) is 17.6 Å². The molecule has 1 aromatic carbocycles. The summed E-state index contributed by atoms with van der Waals surface area (Å²) < 4.78 is 47.0. The van der Waals surface area contributed by atoms with Gasteiger partial charge in [0.2, 0.25) is 0 Å². The predicted octanol–water partition coefficient (Wildman–Crippen LogP) is 3.54. The van der Waals surface area contributed by atoms with Gasteiger partial charge in [-0.25, -0.2) is 13.9 Å². The molecule has 1 amide bonds. The maximum absolute atomic E-state index is 13.9. The number of para-hydroxylation sites is 1. The van der Waals surface area contributed by atoms with Crippen LogP contribution in [0.5, 0.6) is 0 Å². The Kier molecular flexibility index (Phi) is 11.1. The van der Waals surface area contributed by atoms with E-state index >= 15 is 0 Å². The van der Waals surface area contributed by atoms with E-state index in [2.05, 4.69) is 10.4 Å². The Balaban J connectivity index is 0.000000633. The number of carbonyl (C=O) groups is 3. The van der Waals surface area contributed by atoms with Gasteiger partial charge in [0.25, 0.3) is 5.91 Å². The van der Waals surface area contributed by atoms with Gasteiger partial charge in [0, 0.05) is 23.7 Å². The third-order valence-electron chi connectivity index (χ3n) is 3.40. The van der Waals surface area contributed by atoms with Gasteiger partial charge in [-0.2, -0.15) is 18.3 Å². The zero-order chi connectivity index (χ0) is 24.3. The van der Waals surface area contributed by atoms with Crippen molar-refractivity contribution < 1.29 is 42.2 Å². The summed E-state index contributed by atoms with van der Waals surface area (Å²) in [5.74, 6) is -3.12. The molecule has 0 bridgehead atoms. The molecule has 0 saturated carbocycles. The zero-order valence-electron chi connectivity index (χ0n) is 16.6. The molecule has 176 valence electrons. The van der Waals surface area contributed by atoms with Crippen LogP contribution >= 0.6 is 21.6 Å². The van der Waals surface area contributed by atoms with Crippen molar-refractivity contribution in [3.05, 3.63) is 47.5 Å². The molecule has 0 unspecified atom stereocenters. The van der Waals surface area contributed by atoms with Crippen molar-refractivity contribution in [3.8, 4) is 5.69 Å². The highest BCUT2D eigenvalue weighted by molar-refractivity contribution is 8.76. The molecular weight excluding hydrogens is 478 g/mol. The number of aryl methyl sites for hydroxylation is 1. The van der Waals surface area contributed by atoms with Crippen LogP contribution in [0.2, 0.25) is 0 Å². The molecule has 8 nitrogen and oxygen atoms in total. The van der Waals surface area contributed by atoms with E-state index in [0.717, 1.165) is 0 Å². The summed E-state index contributed by atoms with van der Waals surface area (Å²) in [5, 5.41) is 22.6. The Morgan fingerprint density at radius 1 is 1.12 bits per heavy atom. The lowest BCUT2D eigenvalue weighted by atomic mass is 10.3. The van der Waals surface area contributed by atoms with Crippen LogP contribution in [0.25, 0.3) is 5.69 Å². The molecule has 2 rings (SSSR count). The van der Waals surface area contributed by atoms with Gasteiger partial charge >= 0.3 is 18.1 Å². The van der Waals surface area contributed by atoms with Gasteiger partial charge in [-0.1, -0.05) is 33.7 Å². The Hall–Kier alpha value is -2.74. The monoisotopic (exact) mass is 497 g/mol. The summed E-state index contributed by atoms with van der Waals surface area (Å²) in [4.78, 5) is 31.4. The standard InChI is InChI=1S/C16H18FN3O3S2.C2HF3O2/c1-11-10-13(19-20(11)14-5-3-2-4-12(14)17)16(23)18-7-9-25-24-8-6-15(21)22;3-2(4,5)1(6)7/h2-5,10H,6-9H2,1H3,(H,18,23)(H,21,22);(H,6,7). The van der Waals surface area contributed by atoms with Crippen LogP contribution in [0.15, 0.2) is 30.3 Å². The van der Waals surface area contributed by atoms with Crippen molar-refractivity contribution in [3.63, 3.8) is 0 Å². The molecular formula is C18H19F4N3O5S2. The molecule has 0 aliphatic rings. The second-order valence-corrected chi connectivity index (χ2v) is 8.58. The molecule has 0 atom stereocenters. The van der Waals surface area contributed by atoms with Crippen molar-refractivity contribution in [2.45, 2.75) is 19.5 Å². The highest BCUT2D eigenvalue weighted by Gasteiger charge is 2.38. The molecule has 32 heavy (non-hydrogen) atoms. The van der Waals surface area contributed by atoms with E-state index < -0.39 is 23.9 Å². The van der Waals surface area contributed by atoms with Crippen molar-refractivity contribution >= 4 is 39.4 Å². The normalized spacial score (nSPS) is 10.8. The Bertz CT molecular complexity index is 938. The van der Waals surface area contributed by atoms with Crippen molar-refractivity contribution in [1.29, 1.82) is 0 Å². The van der Waals surface area contributed by atoms with Crippen LogP contribution in [-0.2, 0) is 9.59 Å². The maximum Gasteiger partial charge on any atom is 0.490 e. The van der Waals surface area contributed by atoms with Crippen molar-refractivity contribution in [2.24, 2.45) is 0 Å². The number of nitrogens with zero attached hydrogens (tertiary/aromatic N) is 2. The van der Waals surface area contributed by atoms with E-state index in [1.54, 1.807) is 31.2 Å². The first kappa shape index (κ1) is 27.3. The number of nitrogens with one attached hydrogen (secondary N) is 1. The summed E-state index contributed by atoms with van der Waals surface area (Å²) in [7, 11) is 2.96. The fourth-order valence-corrected chi connectivity index (χ4v) is 3.88. The number of carboxylic acids is 2. The van der Waals surface area contributed by atoms with Crippen LogP contribution in [0.1, 0.15) is 22.6 Å². The zero-order valence-corrected chi connectivity index (χ0v) is 18.2. The number of halogens is 4. The Morgan fingerprint density at radius 3 is 2.28 bits per heavy atom. The summed E-state index contributed by atoms with van der Waals surface area (Å²) in [6, 6.07) is 7.85. The van der Waals surface area contributed by atoms with E-state index in [1.165, 1.54) is 32.3 Å². The topological polar surface area (TPSA) is 122 Å². The molecule has 0 radical (unpaired) electrons. The van der Waals surface area contributed by atoms with E-state index in [0.29, 0.717) is 29.4 Å². The fraction of sp³-hybridized carbons (Fsp3) is 0.333. The predicted molar refractivity (Wildman–Crippen MR) is 111 cm³/mol. The molecule has 1 heterocycles. The van der Waals surface area contributed by atoms with Gasteiger partial charge in [-0.15, -0.1) is 0 Å². The fourth-order valence-electron chi connectivity index (χ4n) is 2.00. The summed E-state index contributed by atoms with van der Waals surface area (Å²) >= 11 is 0. The van der Waals surface area contributed by atoms with Crippen LogP contribution in [-0.4, -0.2) is 62.1 Å². The molecule has 1 aromatic heterocycles. The Labute approximate surface area is 187 Å². The van der Waals surface area contributed by atoms with Crippen molar-refractivity contribution in [2.75, 3.05) is 18.1 Å². The number of hydrogen-bond donors (Lipinski definition) is 3. The van der Waals surface area contributed by atoms with E-state index in [-0.39, 0.29) is 18.0 Å². The molecule has 14 heteroatoms. The van der Waals surface area contributed by atoms with Gasteiger partial charge in [-0.3, -0.25) is 9.59 Å². The molecule has 2 aromatic rings. The molecule has 0 spiro atoms. The smallest absolute Gasteiger partial charge is 0.481 e. The van der Waals surface area contributed by atoms with E-state index in [4.69, 9.17) is 15.0 Å². The number of aliphatic carboxylic acids is 2. The number of hydrogen-bond acceptors (Lipinski definition) is 6. The third-order valence-corrected chi connectivity index (χ3v) is 5.81. The molecule has 0 aliphatic heterocycles. The minimum atomic E-state index is -5.08. The van der Waals surface area contributed by atoms with Gasteiger partial charge in [0.05, 0.1) is 6.42 Å². The van der Waals surface area contributed by atoms with Crippen LogP contribution < -0.4 is 5.32 Å². The summed E-state index contributed by atoms with van der Waals surface area (Å²) in [6.07, 6.45) is -4.96. The quantitative estimate of drug-likeness (QED) is 0.273. The average molecular weight is 497 g/mol. The summed E-state index contributed by atoms with van der Waals surface area (Å²) in [5.41, 5.74) is 1.18. The molecule has 3 N–H and O–H groups in total. The first-order valence-corrected chi connectivity index (χ1v) is 11.3. The SMILES string of the molecule is Cc1cc(C(=O)NCCSSCCC(=O)O)nn1-c1ccccc1F.O=C(O)C(F)(F)F. The highest BCUT2D eigenvalue weighted by atomic mass is 33.1. The van der Waals surface area contributed by atoms with Crippen LogP contribution in [0.3, 0.4) is 0 Å². The number of amides is 1. The first-order chi connectivity index (χ1) is 14.9. The minimum absolute atomic E-state index is 0.122. The summed E-state index contributed by atoms with van der Waals surface area (Å²) in [6.45, 7) is 2.19. The number of carboxylic acid groups (broad SMARTS) is 2. The maximum atomic E-state index is 13.9. The molecule has 0 saturated heterocycles. The highest BCUT2D eigenvalue weighted by Crippen LogP contribution is 2.21. The molecule has 0 fully saturated rings. The number of alkyl halides is 3. The minimum Gasteiger partial charge on any atom is -0.481 e. The lowest BCUT2D eigenvalue weighted by Crippen LogP contribution is -2.26. The van der Waals surface area contributed by atoms with Gasteiger partial charge < -0.3 is 15.5 Å². The second kappa shape index (κ2) is 13.0. The lowest BCUT2D eigenvalue weighted by Gasteiger charge is -2.05. The largest absolute Gasteiger partial charge is 0.490 e. The molecule has 0 aliphatic carbocycles. The van der Waals surface area contributed by atoms with Gasteiger partial charge in [0.15, 0.2) is 5.69 Å².